The third-order valence-electron chi connectivity index (χ3n) is 2.66. The fraction of sp³-hybridized carbons (Fsp3) is 0. The van der Waals surface area contributed by atoms with Crippen LogP contribution in [0.2, 0.25) is 0 Å². The lowest BCUT2D eigenvalue weighted by Gasteiger charge is -2.00. The number of nitro groups is 1. The summed E-state index contributed by atoms with van der Waals surface area (Å²) in [4.78, 5) is 21.6. The predicted molar refractivity (Wildman–Crippen MR) is 76.2 cm³/mol. The molecule has 2 rings (SSSR count). The van der Waals surface area contributed by atoms with Gasteiger partial charge in [-0.3, -0.25) is 14.9 Å². The van der Waals surface area contributed by atoms with Crippen LogP contribution in [-0.2, 0) is 0 Å². The van der Waals surface area contributed by atoms with E-state index in [9.17, 15) is 24.4 Å². The first kappa shape index (κ1) is 15.1. The standard InChI is InChI=1S/C14H10FN3O4/c15-11-3-1-2-10(7-11)14(20)17-16-8-9-4-5-13(19)12(6-9)18(21)22/h1-8,19H,(H,17,20). The average molecular weight is 303 g/mol. The van der Waals surface area contributed by atoms with E-state index >= 15 is 0 Å². The van der Waals surface area contributed by atoms with E-state index in [4.69, 9.17) is 0 Å². The van der Waals surface area contributed by atoms with Crippen molar-refractivity contribution in [2.75, 3.05) is 0 Å². The lowest BCUT2D eigenvalue weighted by atomic mass is 10.2. The largest absolute Gasteiger partial charge is 0.502 e. The third-order valence-corrected chi connectivity index (χ3v) is 2.66. The molecule has 0 radical (unpaired) electrons. The number of carbonyl (C=O) groups excluding carboxylic acids is 1. The molecule has 2 aromatic rings. The monoisotopic (exact) mass is 303 g/mol. The molecule has 0 aliphatic rings. The van der Waals surface area contributed by atoms with Crippen LogP contribution in [0.25, 0.3) is 0 Å². The highest BCUT2D eigenvalue weighted by Crippen LogP contribution is 2.25. The van der Waals surface area contributed by atoms with Crippen LogP contribution in [0.3, 0.4) is 0 Å². The number of nitrogens with one attached hydrogen (secondary N) is 1. The van der Waals surface area contributed by atoms with Gasteiger partial charge in [-0.1, -0.05) is 6.07 Å². The number of amides is 1. The van der Waals surface area contributed by atoms with E-state index in [2.05, 4.69) is 10.5 Å². The SMILES string of the molecule is O=C(NN=Cc1ccc(O)c([N+](=O)[O-])c1)c1cccc(F)c1. The number of phenolic OH excluding ortho intramolecular Hbond substituents is 1. The van der Waals surface area contributed by atoms with Gasteiger partial charge < -0.3 is 5.11 Å². The van der Waals surface area contributed by atoms with Gasteiger partial charge in [0.1, 0.15) is 5.82 Å². The van der Waals surface area contributed by atoms with Gasteiger partial charge in [0.15, 0.2) is 5.75 Å². The van der Waals surface area contributed by atoms with Crippen molar-refractivity contribution in [2.45, 2.75) is 0 Å². The van der Waals surface area contributed by atoms with E-state index < -0.39 is 28.1 Å². The lowest BCUT2D eigenvalue weighted by Crippen LogP contribution is -2.17. The highest BCUT2D eigenvalue weighted by atomic mass is 19.1. The predicted octanol–water partition coefficient (Wildman–Crippen LogP) is 2.20. The van der Waals surface area contributed by atoms with E-state index in [0.29, 0.717) is 5.56 Å². The smallest absolute Gasteiger partial charge is 0.311 e. The van der Waals surface area contributed by atoms with Gasteiger partial charge in [0, 0.05) is 17.2 Å². The van der Waals surface area contributed by atoms with E-state index in [0.717, 1.165) is 18.2 Å². The molecule has 0 spiro atoms. The van der Waals surface area contributed by atoms with E-state index in [-0.39, 0.29) is 5.56 Å². The van der Waals surface area contributed by atoms with Crippen LogP contribution in [-0.4, -0.2) is 22.2 Å². The second kappa shape index (κ2) is 6.44. The highest BCUT2D eigenvalue weighted by Gasteiger charge is 2.12. The van der Waals surface area contributed by atoms with Gasteiger partial charge in [-0.2, -0.15) is 5.10 Å². The maximum absolute atomic E-state index is 13.0. The van der Waals surface area contributed by atoms with Crippen LogP contribution in [0, 0.1) is 15.9 Å². The van der Waals surface area contributed by atoms with Gasteiger partial charge in [-0.25, -0.2) is 9.82 Å². The molecule has 2 aromatic carbocycles. The molecule has 0 saturated carbocycles. The number of rotatable bonds is 4. The third kappa shape index (κ3) is 3.63. The first-order valence-electron chi connectivity index (χ1n) is 6.04. The molecule has 0 aliphatic heterocycles. The Bertz CT molecular complexity index is 762. The normalized spacial score (nSPS) is 10.6. The summed E-state index contributed by atoms with van der Waals surface area (Å²) in [5.74, 6) is -1.64. The Hall–Kier alpha value is -3.29. The van der Waals surface area contributed by atoms with Crippen LogP contribution in [0.15, 0.2) is 47.6 Å². The molecule has 7 nitrogen and oxygen atoms in total. The Balaban J connectivity index is 2.08. The number of benzene rings is 2. The number of halogens is 1. The van der Waals surface area contributed by atoms with Crippen molar-refractivity contribution in [3.8, 4) is 5.75 Å². The summed E-state index contributed by atoms with van der Waals surface area (Å²) in [5, 5.41) is 23.6. The number of hydrogen-bond acceptors (Lipinski definition) is 5. The van der Waals surface area contributed by atoms with Crippen LogP contribution < -0.4 is 5.43 Å². The van der Waals surface area contributed by atoms with Crippen molar-refractivity contribution in [1.82, 2.24) is 5.43 Å². The number of nitro benzene ring substituents is 1. The van der Waals surface area contributed by atoms with Crippen LogP contribution in [0.1, 0.15) is 15.9 Å². The Kier molecular flexibility index (Phi) is 4.42. The average Bonchev–Trinajstić information content (AvgIpc) is 2.48. The first-order chi connectivity index (χ1) is 10.5. The summed E-state index contributed by atoms with van der Waals surface area (Å²) >= 11 is 0. The summed E-state index contributed by atoms with van der Waals surface area (Å²) < 4.78 is 13.0. The minimum absolute atomic E-state index is 0.0915. The second-order valence-electron chi connectivity index (χ2n) is 4.21. The zero-order chi connectivity index (χ0) is 16.1. The molecule has 0 aliphatic carbocycles. The van der Waals surface area contributed by atoms with E-state index in [1.165, 1.54) is 30.5 Å². The van der Waals surface area contributed by atoms with Crippen LogP contribution >= 0.6 is 0 Å². The van der Waals surface area contributed by atoms with Crippen molar-refractivity contribution in [2.24, 2.45) is 5.10 Å². The van der Waals surface area contributed by atoms with Crippen molar-refractivity contribution in [3.05, 3.63) is 69.5 Å². The molecule has 22 heavy (non-hydrogen) atoms. The quantitative estimate of drug-likeness (QED) is 0.513. The molecule has 2 N–H and O–H groups in total. The van der Waals surface area contributed by atoms with Crippen LogP contribution in [0.5, 0.6) is 5.75 Å². The van der Waals surface area contributed by atoms with Crippen molar-refractivity contribution < 1.29 is 19.2 Å². The summed E-state index contributed by atoms with van der Waals surface area (Å²) in [6.45, 7) is 0. The summed E-state index contributed by atoms with van der Waals surface area (Å²) in [6.07, 6.45) is 1.17. The van der Waals surface area contributed by atoms with Crippen molar-refractivity contribution >= 4 is 17.8 Å². The molecule has 112 valence electrons. The minimum Gasteiger partial charge on any atom is -0.502 e. The molecule has 8 heteroatoms. The molecular weight excluding hydrogens is 293 g/mol. The molecule has 1 amide bonds. The Morgan fingerprint density at radius 1 is 1.32 bits per heavy atom. The lowest BCUT2D eigenvalue weighted by molar-refractivity contribution is -0.385. The number of carbonyl (C=O) groups is 1. The number of phenols is 1. The summed E-state index contributed by atoms with van der Waals surface area (Å²) in [6, 6.07) is 8.70. The number of nitrogens with zero attached hydrogens (tertiary/aromatic N) is 2. The minimum atomic E-state index is -0.738. The molecule has 0 aromatic heterocycles. The van der Waals surface area contributed by atoms with Gasteiger partial charge in [0.05, 0.1) is 11.1 Å². The zero-order valence-electron chi connectivity index (χ0n) is 11.1. The number of hydrazone groups is 1. The Morgan fingerprint density at radius 3 is 2.77 bits per heavy atom. The molecular formula is C14H10FN3O4. The van der Waals surface area contributed by atoms with Crippen molar-refractivity contribution in [3.63, 3.8) is 0 Å². The highest BCUT2D eigenvalue weighted by molar-refractivity contribution is 5.94. The molecule has 0 saturated heterocycles. The Morgan fingerprint density at radius 2 is 2.09 bits per heavy atom. The van der Waals surface area contributed by atoms with E-state index in [1.807, 2.05) is 0 Å². The van der Waals surface area contributed by atoms with Gasteiger partial charge in [-0.15, -0.1) is 0 Å². The van der Waals surface area contributed by atoms with E-state index in [1.54, 1.807) is 0 Å². The summed E-state index contributed by atoms with van der Waals surface area (Å²) in [5.41, 5.74) is 2.10. The van der Waals surface area contributed by atoms with Gasteiger partial charge >= 0.3 is 5.69 Å². The molecule has 0 atom stereocenters. The molecule has 0 fully saturated rings. The van der Waals surface area contributed by atoms with Gasteiger partial charge in [0.25, 0.3) is 5.91 Å². The molecule has 0 heterocycles. The maximum atomic E-state index is 13.0. The van der Waals surface area contributed by atoms with Gasteiger partial charge in [-0.05, 0) is 30.3 Å². The molecule has 0 bridgehead atoms. The topological polar surface area (TPSA) is 105 Å². The summed E-state index contributed by atoms with van der Waals surface area (Å²) in [7, 11) is 0. The Labute approximate surface area is 123 Å². The second-order valence-corrected chi connectivity index (χ2v) is 4.21. The number of hydrogen-bond donors (Lipinski definition) is 2. The number of aromatic hydroxyl groups is 1. The molecule has 0 unspecified atom stereocenters. The van der Waals surface area contributed by atoms with Crippen LogP contribution in [0.4, 0.5) is 10.1 Å². The van der Waals surface area contributed by atoms with Gasteiger partial charge in [0.2, 0.25) is 0 Å². The van der Waals surface area contributed by atoms with Crippen molar-refractivity contribution in [1.29, 1.82) is 0 Å². The fourth-order valence-corrected chi connectivity index (χ4v) is 1.63. The zero-order valence-corrected chi connectivity index (χ0v) is 11.1. The fourth-order valence-electron chi connectivity index (χ4n) is 1.63. The maximum Gasteiger partial charge on any atom is 0.311 e. The first-order valence-corrected chi connectivity index (χ1v) is 6.04.